The molecular weight excluding hydrogens is 785 g/mol. The van der Waals surface area contributed by atoms with E-state index in [0.717, 1.165) is 50.9 Å². The predicted octanol–water partition coefficient (Wildman–Crippen LogP) is 9.39. The minimum absolute atomic E-state index is 0.0386. The highest BCUT2D eigenvalue weighted by molar-refractivity contribution is 7.25. The van der Waals surface area contributed by atoms with E-state index >= 15 is 0 Å². The van der Waals surface area contributed by atoms with Gasteiger partial charge in [-0.15, -0.1) is 22.7 Å². The Morgan fingerprint density at radius 2 is 0.983 bits per heavy atom. The van der Waals surface area contributed by atoms with Gasteiger partial charge in [0, 0.05) is 65.3 Å². The first-order valence-corrected chi connectivity index (χ1v) is 20.6. The molecule has 308 valence electrons. The number of carbonyl (C=O) groups excluding carboxylic acids is 1. The molecule has 12 nitrogen and oxygen atoms in total. The Kier molecular flexibility index (Phi) is 15.9. The fraction of sp³-hybridized carbons (Fsp3) is 0.364. The first-order valence-electron chi connectivity index (χ1n) is 19.0. The van der Waals surface area contributed by atoms with Gasteiger partial charge in [0.1, 0.15) is 11.5 Å². The number of aliphatic carboxylic acids is 1. The van der Waals surface area contributed by atoms with Gasteiger partial charge in [0.05, 0.1) is 48.3 Å². The van der Waals surface area contributed by atoms with Crippen LogP contribution in [0.5, 0.6) is 34.5 Å². The number of carbonyl (C=O) groups is 2. The molecule has 0 aliphatic heterocycles. The van der Waals surface area contributed by atoms with E-state index in [1.807, 2.05) is 24.3 Å². The minimum Gasteiger partial charge on any atom is -0.497 e. The van der Waals surface area contributed by atoms with E-state index in [-0.39, 0.29) is 23.2 Å². The molecule has 0 atom stereocenters. The molecule has 4 aromatic carbocycles. The van der Waals surface area contributed by atoms with E-state index in [9.17, 15) is 19.2 Å². The van der Waals surface area contributed by atoms with Crippen molar-refractivity contribution in [1.29, 1.82) is 0 Å². The maximum atomic E-state index is 13.0. The first kappa shape index (κ1) is 43.5. The van der Waals surface area contributed by atoms with E-state index in [1.165, 1.54) is 22.7 Å². The summed E-state index contributed by atoms with van der Waals surface area (Å²) in [7, 11) is 6.35. The third-order valence-corrected chi connectivity index (χ3v) is 11.4. The molecule has 0 spiro atoms. The van der Waals surface area contributed by atoms with Gasteiger partial charge in [0.25, 0.3) is 0 Å². The molecule has 2 aromatic heterocycles. The van der Waals surface area contributed by atoms with Crippen LogP contribution in [-0.4, -0.2) is 65.3 Å². The summed E-state index contributed by atoms with van der Waals surface area (Å²) in [5, 5.41) is 11.2. The smallest absolute Gasteiger partial charge is 0.305 e. The van der Waals surface area contributed by atoms with Crippen LogP contribution in [0.3, 0.4) is 0 Å². The fourth-order valence-electron chi connectivity index (χ4n) is 6.18. The number of rotatable bonds is 19. The van der Waals surface area contributed by atoms with Crippen molar-refractivity contribution in [3.8, 4) is 34.5 Å². The van der Waals surface area contributed by atoms with Crippen molar-refractivity contribution < 1.29 is 47.9 Å². The number of carboxylic acid groups (broad SMARTS) is 1. The molecule has 0 unspecified atom stereocenters. The quantitative estimate of drug-likeness (QED) is 0.0470. The molecule has 0 aliphatic rings. The van der Waals surface area contributed by atoms with Crippen LogP contribution in [-0.2, 0) is 14.3 Å². The molecule has 0 bridgehead atoms. The summed E-state index contributed by atoms with van der Waals surface area (Å²) in [6, 6.07) is 18.0. The van der Waals surface area contributed by atoms with Crippen molar-refractivity contribution in [3.63, 3.8) is 0 Å². The highest BCUT2D eigenvalue weighted by atomic mass is 32.1. The number of esters is 1. The van der Waals surface area contributed by atoms with E-state index in [2.05, 4.69) is 0 Å². The van der Waals surface area contributed by atoms with Gasteiger partial charge in [-0.3, -0.25) is 19.2 Å². The van der Waals surface area contributed by atoms with E-state index in [1.54, 1.807) is 71.8 Å². The van der Waals surface area contributed by atoms with Crippen molar-refractivity contribution in [2.75, 3.05) is 48.3 Å². The average molecular weight is 833 g/mol. The van der Waals surface area contributed by atoms with Gasteiger partial charge in [0.15, 0.2) is 33.9 Å². The van der Waals surface area contributed by atoms with Crippen LogP contribution >= 0.6 is 22.7 Å². The van der Waals surface area contributed by atoms with Gasteiger partial charge in [0.2, 0.25) is 0 Å². The molecule has 0 radical (unpaired) electrons. The number of carboxylic acids is 1. The molecule has 0 aliphatic carbocycles. The van der Waals surface area contributed by atoms with Crippen molar-refractivity contribution in [2.24, 2.45) is 0 Å². The summed E-state index contributed by atoms with van der Waals surface area (Å²) in [6.45, 7) is 3.13. The van der Waals surface area contributed by atoms with E-state index < -0.39 is 5.97 Å². The Hall–Kier alpha value is -5.60. The Labute approximate surface area is 343 Å². The second-order valence-electron chi connectivity index (χ2n) is 13.1. The molecule has 6 rings (SSSR count). The van der Waals surface area contributed by atoms with Crippen LogP contribution < -0.4 is 39.3 Å². The van der Waals surface area contributed by atoms with E-state index in [4.69, 9.17) is 38.3 Å². The van der Waals surface area contributed by atoms with Crippen molar-refractivity contribution in [1.82, 2.24) is 0 Å². The summed E-state index contributed by atoms with van der Waals surface area (Å²) in [4.78, 5) is 47.8. The van der Waals surface area contributed by atoms with Crippen LogP contribution in [0, 0.1) is 0 Å². The maximum absolute atomic E-state index is 13.0. The zero-order valence-corrected chi connectivity index (χ0v) is 34.9. The number of unbranched alkanes of at least 4 members (excludes halogenated alkanes) is 4. The van der Waals surface area contributed by atoms with Gasteiger partial charge in [-0.2, -0.15) is 0 Å². The van der Waals surface area contributed by atoms with Gasteiger partial charge < -0.3 is 38.3 Å². The van der Waals surface area contributed by atoms with Crippen molar-refractivity contribution in [2.45, 2.75) is 58.3 Å². The number of methoxy groups -OCH3 is 4. The summed E-state index contributed by atoms with van der Waals surface area (Å²) >= 11 is 3.02. The Bertz CT molecular complexity index is 2490. The first-order chi connectivity index (χ1) is 28.1. The number of fused-ring (bicyclic) bond motifs is 4. The fourth-order valence-corrected chi connectivity index (χ4v) is 8.40. The number of ether oxygens (including phenoxy) is 7. The average Bonchev–Trinajstić information content (AvgIpc) is 3.23. The summed E-state index contributed by atoms with van der Waals surface area (Å²) in [6.07, 6.45) is 5.13. The minimum atomic E-state index is -0.786. The van der Waals surface area contributed by atoms with Crippen LogP contribution in [0.15, 0.2) is 70.3 Å². The normalized spacial score (nSPS) is 10.9. The van der Waals surface area contributed by atoms with Gasteiger partial charge in [-0.05, 0) is 94.0 Å². The molecule has 14 heteroatoms. The van der Waals surface area contributed by atoms with Crippen LogP contribution in [0.4, 0.5) is 0 Å². The third-order valence-electron chi connectivity index (χ3n) is 9.21. The second-order valence-corrected chi connectivity index (χ2v) is 15.3. The zero-order valence-electron chi connectivity index (χ0n) is 33.3. The molecule has 0 saturated carbocycles. The topological polar surface area (TPSA) is 153 Å². The molecule has 6 aromatic rings. The molecule has 0 saturated heterocycles. The molecular formula is C44H48O12S2. The summed E-state index contributed by atoms with van der Waals surface area (Å²) < 4.78 is 41.4. The van der Waals surface area contributed by atoms with Gasteiger partial charge >= 0.3 is 11.9 Å². The number of hydrogen-bond acceptors (Lipinski definition) is 13. The van der Waals surface area contributed by atoms with Crippen LogP contribution in [0.1, 0.15) is 58.3 Å². The lowest BCUT2D eigenvalue weighted by molar-refractivity contribution is -0.143. The molecule has 58 heavy (non-hydrogen) atoms. The largest absolute Gasteiger partial charge is 0.497 e. The van der Waals surface area contributed by atoms with Crippen LogP contribution in [0.25, 0.3) is 40.3 Å². The maximum Gasteiger partial charge on any atom is 0.305 e. The van der Waals surface area contributed by atoms with Gasteiger partial charge in [-0.1, -0.05) is 0 Å². The summed E-state index contributed by atoms with van der Waals surface area (Å²) in [5.74, 6) is 2.69. The molecule has 0 fully saturated rings. The monoisotopic (exact) mass is 832 g/mol. The Morgan fingerprint density at radius 3 is 1.40 bits per heavy atom. The predicted molar refractivity (Wildman–Crippen MR) is 230 cm³/mol. The zero-order chi connectivity index (χ0) is 41.6. The van der Waals surface area contributed by atoms with Crippen LogP contribution in [0.2, 0.25) is 0 Å². The van der Waals surface area contributed by atoms with Crippen molar-refractivity contribution in [3.05, 3.63) is 81.1 Å². The lowest BCUT2D eigenvalue weighted by Gasteiger charge is -2.12. The third kappa shape index (κ3) is 11.1. The lowest BCUT2D eigenvalue weighted by atomic mass is 10.1. The Balaban J connectivity index is 0.000000221. The van der Waals surface area contributed by atoms with E-state index in [0.29, 0.717) is 88.7 Å². The van der Waals surface area contributed by atoms with Crippen molar-refractivity contribution >= 4 is 75.0 Å². The summed E-state index contributed by atoms with van der Waals surface area (Å²) in [5.41, 5.74) is -0.0938. The SMILES string of the molecule is CCOC(=O)CCCCCOc1cc2c(=O)c3ccc(OC)cc3sc2cc1OC.COc1ccc2c(=O)c3cc(OCCCCCC(=O)O)c(OC)cc3sc2c1. The second kappa shape index (κ2) is 21.2. The highest BCUT2D eigenvalue weighted by Gasteiger charge is 2.15. The molecule has 1 N–H and O–H groups in total. The number of benzene rings is 4. The standard InChI is InChI=1S/C23H26O6S.C21H22O6S/c1-4-28-22(24)8-6-5-7-11-29-19-13-17-21(14-18(19)27-3)30-20-12-15(26-2)9-10-16(20)23(17)25;1-25-13-7-8-14-18(10-13)28-19-12-16(26-2)17(11-15(19)21(14)24)27-9-5-3-4-6-20(22)23/h9-10,12-14H,4-8,11H2,1-3H3;7-8,10-12H,3-6,9H2,1-2H3,(H,22,23). The number of hydrogen-bond donors (Lipinski definition) is 1. The Morgan fingerprint density at radius 1 is 0.534 bits per heavy atom. The van der Waals surface area contributed by atoms with Gasteiger partial charge in [-0.25, -0.2) is 0 Å². The highest BCUT2D eigenvalue weighted by Crippen LogP contribution is 2.37. The lowest BCUT2D eigenvalue weighted by Crippen LogP contribution is -2.05. The molecule has 0 amide bonds. The molecule has 2 heterocycles.